The van der Waals surface area contributed by atoms with Gasteiger partial charge in [0, 0.05) is 24.2 Å². The Kier molecular flexibility index (Phi) is 4.71. The fraction of sp³-hybridized carbons (Fsp3) is 0.263. The maximum Gasteiger partial charge on any atom is 0.416 e. The number of alkyl halides is 3. The predicted octanol–water partition coefficient (Wildman–Crippen LogP) is 3.55. The molecule has 4 nitrogen and oxygen atoms in total. The van der Waals surface area contributed by atoms with E-state index >= 15 is 0 Å². The zero-order valence-electron chi connectivity index (χ0n) is 14.0. The lowest BCUT2D eigenvalue weighted by molar-refractivity contribution is -0.137. The lowest BCUT2D eigenvalue weighted by Gasteiger charge is -2.17. The molecular weight excluding hydrogens is 345 g/mol. The maximum absolute atomic E-state index is 12.6. The van der Waals surface area contributed by atoms with Crippen LogP contribution in [-0.2, 0) is 11.0 Å². The van der Waals surface area contributed by atoms with E-state index in [1.165, 1.54) is 0 Å². The van der Waals surface area contributed by atoms with Crippen LogP contribution in [0.25, 0.3) is 0 Å². The molecule has 0 spiro atoms. The first-order valence-corrected chi connectivity index (χ1v) is 8.09. The monoisotopic (exact) mass is 362 g/mol. The third-order valence-corrected chi connectivity index (χ3v) is 4.28. The molecule has 1 unspecified atom stereocenters. The van der Waals surface area contributed by atoms with Crippen LogP contribution in [0.4, 0.5) is 18.9 Å². The molecule has 1 aliphatic heterocycles. The maximum atomic E-state index is 12.6. The van der Waals surface area contributed by atoms with E-state index in [0.717, 1.165) is 35.5 Å². The predicted molar refractivity (Wildman–Crippen MR) is 90.8 cm³/mol. The lowest BCUT2D eigenvalue weighted by atomic mass is 10.1. The summed E-state index contributed by atoms with van der Waals surface area (Å²) in [5, 5.41) is 2.71. The van der Waals surface area contributed by atoms with Crippen LogP contribution in [-0.4, -0.2) is 24.4 Å². The number of carbonyl (C=O) groups is 2. The summed E-state index contributed by atoms with van der Waals surface area (Å²) in [4.78, 5) is 26.0. The Morgan fingerprint density at radius 3 is 2.27 bits per heavy atom. The molecule has 0 aromatic heterocycles. The highest BCUT2D eigenvalue weighted by atomic mass is 19.4. The summed E-state index contributed by atoms with van der Waals surface area (Å²) >= 11 is 0. The van der Waals surface area contributed by atoms with Crippen molar-refractivity contribution in [3.63, 3.8) is 0 Å². The summed E-state index contributed by atoms with van der Waals surface area (Å²) in [7, 11) is 0. The number of hydrogen-bond donors (Lipinski definition) is 1. The molecular formula is C19H17F3N2O2. The number of halogens is 3. The Hall–Kier alpha value is -2.83. The van der Waals surface area contributed by atoms with E-state index < -0.39 is 23.7 Å². The van der Waals surface area contributed by atoms with Crippen molar-refractivity contribution < 1.29 is 22.8 Å². The minimum atomic E-state index is -4.44. The van der Waals surface area contributed by atoms with Gasteiger partial charge in [-0.3, -0.25) is 9.59 Å². The molecule has 2 aromatic rings. The molecule has 0 bridgehead atoms. The number of anilines is 1. The molecule has 136 valence electrons. The van der Waals surface area contributed by atoms with Crippen LogP contribution < -0.4 is 10.2 Å². The van der Waals surface area contributed by atoms with Crippen LogP contribution in [0.5, 0.6) is 0 Å². The Morgan fingerprint density at radius 1 is 1.08 bits per heavy atom. The number of carbonyl (C=O) groups excluding carboxylic acids is 2. The molecule has 0 aliphatic carbocycles. The fourth-order valence-electron chi connectivity index (χ4n) is 2.86. The second-order valence-electron chi connectivity index (χ2n) is 6.29. The highest BCUT2D eigenvalue weighted by Gasteiger charge is 2.32. The molecule has 1 heterocycles. The summed E-state index contributed by atoms with van der Waals surface area (Å²) in [6.07, 6.45) is -4.29. The Morgan fingerprint density at radius 2 is 1.69 bits per heavy atom. The summed E-state index contributed by atoms with van der Waals surface area (Å²) in [5.41, 5.74) is 1.15. The van der Waals surface area contributed by atoms with Gasteiger partial charge in [-0.1, -0.05) is 17.7 Å². The summed E-state index contributed by atoms with van der Waals surface area (Å²) in [6, 6.07) is 11.1. The molecule has 2 aromatic carbocycles. The number of aryl methyl sites for hydroxylation is 1. The zero-order valence-corrected chi connectivity index (χ0v) is 14.0. The van der Waals surface area contributed by atoms with Crippen LogP contribution in [0.15, 0.2) is 48.5 Å². The van der Waals surface area contributed by atoms with Crippen molar-refractivity contribution in [3.8, 4) is 0 Å². The molecule has 1 N–H and O–H groups in total. The molecule has 1 aliphatic rings. The zero-order chi connectivity index (χ0) is 18.9. The van der Waals surface area contributed by atoms with Gasteiger partial charge in [0.05, 0.1) is 11.6 Å². The normalized spacial score (nSPS) is 17.5. The van der Waals surface area contributed by atoms with Crippen molar-refractivity contribution in [1.82, 2.24) is 5.32 Å². The van der Waals surface area contributed by atoms with Gasteiger partial charge in [0.15, 0.2) is 0 Å². The fourth-order valence-corrected chi connectivity index (χ4v) is 2.86. The van der Waals surface area contributed by atoms with Gasteiger partial charge in [-0.15, -0.1) is 0 Å². The summed E-state index contributed by atoms with van der Waals surface area (Å²) in [6.45, 7) is 2.27. The van der Waals surface area contributed by atoms with Gasteiger partial charge in [0.1, 0.15) is 0 Å². The van der Waals surface area contributed by atoms with E-state index in [0.29, 0.717) is 6.54 Å². The number of hydrogen-bond acceptors (Lipinski definition) is 2. The van der Waals surface area contributed by atoms with Crippen LogP contribution >= 0.6 is 0 Å². The van der Waals surface area contributed by atoms with Gasteiger partial charge in [-0.2, -0.15) is 13.2 Å². The molecule has 3 rings (SSSR count). The number of nitrogens with zero attached hydrogens (tertiary/aromatic N) is 1. The molecule has 7 heteroatoms. The summed E-state index contributed by atoms with van der Waals surface area (Å²) < 4.78 is 37.7. The average molecular weight is 362 g/mol. The second-order valence-corrected chi connectivity index (χ2v) is 6.29. The Bertz CT molecular complexity index is 814. The first kappa shape index (κ1) is 18.0. The van der Waals surface area contributed by atoms with Crippen molar-refractivity contribution >= 4 is 17.5 Å². The first-order valence-electron chi connectivity index (χ1n) is 8.09. The first-order chi connectivity index (χ1) is 12.2. The van der Waals surface area contributed by atoms with Gasteiger partial charge in [-0.05, 0) is 43.3 Å². The van der Waals surface area contributed by atoms with Crippen molar-refractivity contribution in [2.45, 2.75) is 25.6 Å². The van der Waals surface area contributed by atoms with Gasteiger partial charge in [-0.25, -0.2) is 0 Å². The van der Waals surface area contributed by atoms with Crippen molar-refractivity contribution in [3.05, 3.63) is 65.2 Å². The average Bonchev–Trinajstić information content (AvgIpc) is 2.95. The van der Waals surface area contributed by atoms with Gasteiger partial charge < -0.3 is 10.2 Å². The largest absolute Gasteiger partial charge is 0.416 e. The number of rotatable bonds is 3. The highest BCUT2D eigenvalue weighted by Crippen LogP contribution is 2.29. The molecule has 2 amide bonds. The smallest absolute Gasteiger partial charge is 0.347 e. The minimum absolute atomic E-state index is 0.105. The third-order valence-electron chi connectivity index (χ3n) is 4.28. The SMILES string of the molecule is Cc1ccc(N2CC(NC(=O)c3ccc(C(F)(F)F)cc3)CC2=O)cc1. The molecule has 1 fully saturated rings. The second kappa shape index (κ2) is 6.82. The third kappa shape index (κ3) is 3.87. The lowest BCUT2D eigenvalue weighted by Crippen LogP contribution is -2.37. The van der Waals surface area contributed by atoms with Crippen molar-refractivity contribution in [1.29, 1.82) is 0 Å². The van der Waals surface area contributed by atoms with Crippen LogP contribution in [0.3, 0.4) is 0 Å². The minimum Gasteiger partial charge on any atom is -0.347 e. The number of nitrogens with one attached hydrogen (secondary N) is 1. The van der Waals surface area contributed by atoms with E-state index in [-0.39, 0.29) is 17.9 Å². The van der Waals surface area contributed by atoms with E-state index in [1.54, 1.807) is 4.90 Å². The van der Waals surface area contributed by atoms with Gasteiger partial charge in [0.25, 0.3) is 5.91 Å². The highest BCUT2D eigenvalue weighted by molar-refractivity contribution is 5.99. The van der Waals surface area contributed by atoms with Crippen molar-refractivity contribution in [2.24, 2.45) is 0 Å². The number of amides is 2. The molecule has 0 saturated carbocycles. The van der Waals surface area contributed by atoms with E-state index in [2.05, 4.69) is 5.32 Å². The topological polar surface area (TPSA) is 49.4 Å². The Labute approximate surface area is 148 Å². The molecule has 1 saturated heterocycles. The van der Waals surface area contributed by atoms with Crippen LogP contribution in [0.2, 0.25) is 0 Å². The number of benzene rings is 2. The van der Waals surface area contributed by atoms with E-state index in [9.17, 15) is 22.8 Å². The van der Waals surface area contributed by atoms with E-state index in [1.807, 2.05) is 31.2 Å². The standard InChI is InChI=1S/C19H17F3N2O2/c1-12-2-8-16(9-3-12)24-11-15(10-17(24)25)23-18(26)13-4-6-14(7-5-13)19(20,21)22/h2-9,15H,10-11H2,1H3,(H,23,26). The summed E-state index contributed by atoms with van der Waals surface area (Å²) in [5.74, 6) is -0.603. The quantitative estimate of drug-likeness (QED) is 0.908. The van der Waals surface area contributed by atoms with E-state index in [4.69, 9.17) is 0 Å². The van der Waals surface area contributed by atoms with Gasteiger partial charge in [0.2, 0.25) is 5.91 Å². The molecule has 1 atom stereocenters. The van der Waals surface area contributed by atoms with Gasteiger partial charge >= 0.3 is 6.18 Å². The van der Waals surface area contributed by atoms with Crippen molar-refractivity contribution in [2.75, 3.05) is 11.4 Å². The van der Waals surface area contributed by atoms with Crippen LogP contribution in [0.1, 0.15) is 27.9 Å². The van der Waals surface area contributed by atoms with Crippen LogP contribution in [0, 0.1) is 6.92 Å². The molecule has 26 heavy (non-hydrogen) atoms. The Balaban J connectivity index is 1.65. The molecule has 0 radical (unpaired) electrons.